The lowest BCUT2D eigenvalue weighted by Crippen LogP contribution is -2.50. The Bertz CT molecular complexity index is 1030. The molecule has 2 amide bonds. The SMILES string of the molecule is CCOC(=O)NC(C(=O)N(C)Cc1cn(-c2ccccc2)nc1-c1ccccc1)C(C)C. The highest BCUT2D eigenvalue weighted by molar-refractivity contribution is 5.86. The molecule has 0 saturated heterocycles. The van der Waals surface area contributed by atoms with Crippen molar-refractivity contribution in [2.24, 2.45) is 5.92 Å². The van der Waals surface area contributed by atoms with Crippen LogP contribution in [0.15, 0.2) is 66.9 Å². The van der Waals surface area contributed by atoms with Gasteiger partial charge < -0.3 is 15.0 Å². The Morgan fingerprint density at radius 3 is 2.28 bits per heavy atom. The van der Waals surface area contributed by atoms with Crippen LogP contribution >= 0.6 is 0 Å². The smallest absolute Gasteiger partial charge is 0.407 e. The molecule has 0 aliphatic carbocycles. The van der Waals surface area contributed by atoms with E-state index in [4.69, 9.17) is 9.84 Å². The molecule has 1 unspecified atom stereocenters. The molecule has 2 aromatic carbocycles. The lowest BCUT2D eigenvalue weighted by molar-refractivity contribution is -0.133. The van der Waals surface area contributed by atoms with Gasteiger partial charge in [-0.1, -0.05) is 62.4 Å². The van der Waals surface area contributed by atoms with Crippen molar-refractivity contribution in [2.45, 2.75) is 33.4 Å². The van der Waals surface area contributed by atoms with Crippen LogP contribution in [0, 0.1) is 5.92 Å². The molecule has 0 aliphatic rings. The number of rotatable bonds is 8. The quantitative estimate of drug-likeness (QED) is 0.574. The lowest BCUT2D eigenvalue weighted by atomic mass is 10.0. The van der Waals surface area contributed by atoms with Gasteiger partial charge in [-0.25, -0.2) is 9.48 Å². The minimum Gasteiger partial charge on any atom is -0.450 e. The summed E-state index contributed by atoms with van der Waals surface area (Å²) < 4.78 is 6.79. The van der Waals surface area contributed by atoms with Crippen molar-refractivity contribution in [1.82, 2.24) is 20.0 Å². The molecule has 1 aromatic heterocycles. The Hall–Kier alpha value is -3.61. The van der Waals surface area contributed by atoms with E-state index in [-0.39, 0.29) is 18.4 Å². The molecule has 0 bridgehead atoms. The van der Waals surface area contributed by atoms with Crippen molar-refractivity contribution in [3.05, 3.63) is 72.4 Å². The fourth-order valence-electron chi connectivity index (χ4n) is 3.46. The van der Waals surface area contributed by atoms with Gasteiger partial charge in [0.15, 0.2) is 0 Å². The summed E-state index contributed by atoms with van der Waals surface area (Å²) in [6.07, 6.45) is 1.36. The summed E-state index contributed by atoms with van der Waals surface area (Å²) in [4.78, 5) is 26.7. The number of nitrogens with zero attached hydrogens (tertiary/aromatic N) is 3. The van der Waals surface area contributed by atoms with Gasteiger partial charge in [-0.2, -0.15) is 5.10 Å². The maximum absolute atomic E-state index is 13.2. The van der Waals surface area contributed by atoms with Gasteiger partial charge in [-0.3, -0.25) is 4.79 Å². The number of hydrogen-bond donors (Lipinski definition) is 1. The van der Waals surface area contributed by atoms with E-state index in [1.807, 2.05) is 85.4 Å². The minimum absolute atomic E-state index is 0.0880. The summed E-state index contributed by atoms with van der Waals surface area (Å²) in [6.45, 7) is 6.12. The number of carbonyl (C=O) groups is 2. The van der Waals surface area contributed by atoms with E-state index in [0.29, 0.717) is 6.54 Å². The van der Waals surface area contributed by atoms with Gasteiger partial charge in [0.25, 0.3) is 0 Å². The van der Waals surface area contributed by atoms with Gasteiger partial charge in [0.1, 0.15) is 6.04 Å². The van der Waals surface area contributed by atoms with Crippen LogP contribution in [-0.4, -0.2) is 46.4 Å². The molecule has 1 atom stereocenters. The van der Waals surface area contributed by atoms with Crippen LogP contribution in [0.4, 0.5) is 4.79 Å². The molecular formula is C25H30N4O3. The zero-order valence-electron chi connectivity index (χ0n) is 19.0. The van der Waals surface area contributed by atoms with E-state index < -0.39 is 12.1 Å². The summed E-state index contributed by atoms with van der Waals surface area (Å²) in [5, 5.41) is 7.49. The average Bonchev–Trinajstić information content (AvgIpc) is 3.22. The molecular weight excluding hydrogens is 404 g/mol. The van der Waals surface area contributed by atoms with E-state index in [2.05, 4.69) is 5.32 Å². The molecule has 32 heavy (non-hydrogen) atoms. The maximum Gasteiger partial charge on any atom is 0.407 e. The first-order chi connectivity index (χ1) is 15.4. The van der Waals surface area contributed by atoms with Crippen LogP contribution in [0.5, 0.6) is 0 Å². The topological polar surface area (TPSA) is 76.5 Å². The van der Waals surface area contributed by atoms with Crippen molar-refractivity contribution in [3.8, 4) is 16.9 Å². The number of nitrogens with one attached hydrogen (secondary N) is 1. The largest absolute Gasteiger partial charge is 0.450 e. The van der Waals surface area contributed by atoms with Crippen LogP contribution < -0.4 is 5.32 Å². The van der Waals surface area contributed by atoms with Crippen molar-refractivity contribution >= 4 is 12.0 Å². The Morgan fingerprint density at radius 2 is 1.69 bits per heavy atom. The van der Waals surface area contributed by atoms with Crippen LogP contribution in [-0.2, 0) is 16.1 Å². The number of likely N-dealkylation sites (N-methyl/N-ethyl adjacent to an activating group) is 1. The summed E-state index contributed by atoms with van der Waals surface area (Å²) >= 11 is 0. The number of para-hydroxylation sites is 1. The highest BCUT2D eigenvalue weighted by Crippen LogP contribution is 2.25. The maximum atomic E-state index is 13.2. The van der Waals surface area contributed by atoms with Gasteiger partial charge in [-0.15, -0.1) is 0 Å². The van der Waals surface area contributed by atoms with Crippen molar-refractivity contribution in [1.29, 1.82) is 0 Å². The van der Waals surface area contributed by atoms with E-state index in [9.17, 15) is 9.59 Å². The predicted molar refractivity (Wildman–Crippen MR) is 124 cm³/mol. The number of carbonyl (C=O) groups excluding carboxylic acids is 2. The molecule has 7 nitrogen and oxygen atoms in total. The third-order valence-corrected chi connectivity index (χ3v) is 5.12. The van der Waals surface area contributed by atoms with E-state index in [0.717, 1.165) is 22.5 Å². The van der Waals surface area contributed by atoms with Crippen molar-refractivity contribution in [2.75, 3.05) is 13.7 Å². The number of hydrogen-bond acceptors (Lipinski definition) is 4. The number of alkyl carbamates (subject to hydrolysis) is 1. The Balaban J connectivity index is 1.88. The summed E-state index contributed by atoms with van der Waals surface area (Å²) in [7, 11) is 1.74. The molecule has 0 radical (unpaired) electrons. The zero-order chi connectivity index (χ0) is 23.1. The molecule has 0 aliphatic heterocycles. The highest BCUT2D eigenvalue weighted by Gasteiger charge is 2.28. The second-order valence-electron chi connectivity index (χ2n) is 7.93. The van der Waals surface area contributed by atoms with Crippen LogP contribution in [0.25, 0.3) is 16.9 Å². The molecule has 7 heteroatoms. The van der Waals surface area contributed by atoms with Crippen LogP contribution in [0.2, 0.25) is 0 Å². The minimum atomic E-state index is -0.677. The summed E-state index contributed by atoms with van der Waals surface area (Å²) in [6, 6.07) is 19.1. The van der Waals surface area contributed by atoms with Gasteiger partial charge in [0, 0.05) is 30.9 Å². The fourth-order valence-corrected chi connectivity index (χ4v) is 3.46. The Labute approximate surface area is 189 Å². The second-order valence-corrected chi connectivity index (χ2v) is 7.93. The molecule has 1 N–H and O–H groups in total. The number of ether oxygens (including phenoxy) is 1. The third-order valence-electron chi connectivity index (χ3n) is 5.12. The van der Waals surface area contributed by atoms with Gasteiger partial charge in [0.2, 0.25) is 5.91 Å². The summed E-state index contributed by atoms with van der Waals surface area (Å²) in [5.41, 5.74) is 3.64. The number of amides is 2. The third kappa shape index (κ3) is 5.55. The number of aromatic nitrogens is 2. The summed E-state index contributed by atoms with van der Waals surface area (Å²) in [5.74, 6) is -0.269. The first-order valence-corrected chi connectivity index (χ1v) is 10.8. The monoisotopic (exact) mass is 434 g/mol. The fraction of sp³-hybridized carbons (Fsp3) is 0.320. The number of benzene rings is 2. The van der Waals surface area contributed by atoms with Crippen LogP contribution in [0.1, 0.15) is 26.3 Å². The molecule has 0 spiro atoms. The van der Waals surface area contributed by atoms with E-state index >= 15 is 0 Å². The van der Waals surface area contributed by atoms with Crippen LogP contribution in [0.3, 0.4) is 0 Å². The van der Waals surface area contributed by atoms with E-state index in [1.165, 1.54) is 0 Å². The van der Waals surface area contributed by atoms with Crippen molar-refractivity contribution in [3.63, 3.8) is 0 Å². The Kier molecular flexibility index (Phi) is 7.65. The zero-order valence-corrected chi connectivity index (χ0v) is 19.0. The predicted octanol–water partition coefficient (Wildman–Crippen LogP) is 4.27. The lowest BCUT2D eigenvalue weighted by Gasteiger charge is -2.26. The molecule has 3 rings (SSSR count). The molecule has 1 heterocycles. The highest BCUT2D eigenvalue weighted by atomic mass is 16.5. The van der Waals surface area contributed by atoms with Gasteiger partial charge in [0.05, 0.1) is 18.0 Å². The molecule has 3 aromatic rings. The van der Waals surface area contributed by atoms with E-state index in [1.54, 1.807) is 18.9 Å². The molecule has 0 fully saturated rings. The molecule has 0 saturated carbocycles. The van der Waals surface area contributed by atoms with Gasteiger partial charge in [-0.05, 0) is 25.0 Å². The average molecular weight is 435 g/mol. The van der Waals surface area contributed by atoms with Crippen molar-refractivity contribution < 1.29 is 14.3 Å². The standard InChI is InChI=1S/C25H30N4O3/c1-5-32-25(31)26-22(18(2)3)24(30)28(4)16-20-17-29(21-14-10-7-11-15-21)27-23(20)19-12-8-6-9-13-19/h6-15,17-18,22H,5,16H2,1-4H3,(H,26,31). The first-order valence-electron chi connectivity index (χ1n) is 10.8. The second kappa shape index (κ2) is 10.6. The Morgan fingerprint density at radius 1 is 1.06 bits per heavy atom. The van der Waals surface area contributed by atoms with Gasteiger partial charge >= 0.3 is 6.09 Å². The molecule has 168 valence electrons. The first kappa shape index (κ1) is 23.1. The normalized spacial score (nSPS) is 11.8.